The summed E-state index contributed by atoms with van der Waals surface area (Å²) in [5.74, 6) is -0.865. The summed E-state index contributed by atoms with van der Waals surface area (Å²) in [6.45, 7) is 0. The van der Waals surface area contributed by atoms with Crippen molar-refractivity contribution in [3.8, 4) is 0 Å². The molecule has 1 aliphatic rings. The van der Waals surface area contributed by atoms with Crippen molar-refractivity contribution in [2.45, 2.75) is 23.9 Å². The largest absolute Gasteiger partial charge is 0.349 e. The summed E-state index contributed by atoms with van der Waals surface area (Å²) in [7, 11) is 0. The molecule has 0 spiro atoms. The van der Waals surface area contributed by atoms with Crippen LogP contribution in [0.5, 0.6) is 0 Å². The zero-order valence-corrected chi connectivity index (χ0v) is 16.8. The monoisotopic (exact) mass is 429 g/mol. The third kappa shape index (κ3) is 4.86. The fourth-order valence-corrected chi connectivity index (χ4v) is 3.71. The summed E-state index contributed by atoms with van der Waals surface area (Å²) >= 11 is 6.96. The zero-order valence-electron chi connectivity index (χ0n) is 15.2. The van der Waals surface area contributed by atoms with Gasteiger partial charge in [0.1, 0.15) is 5.82 Å². The second-order valence-electron chi connectivity index (χ2n) is 6.74. The second-order valence-corrected chi connectivity index (χ2v) is 8.14. The minimum Gasteiger partial charge on any atom is -0.349 e. The number of nitrogens with one attached hydrogen (secondary N) is 2. The number of amides is 2. The van der Waals surface area contributed by atoms with Crippen LogP contribution in [0, 0.1) is 5.82 Å². The van der Waals surface area contributed by atoms with Gasteiger partial charge in [0, 0.05) is 17.1 Å². The molecule has 1 aromatic heterocycles. The number of nitrogens with zero attached hydrogens (tertiary/aromatic N) is 1. The van der Waals surface area contributed by atoms with Crippen LogP contribution in [0.25, 0.3) is 10.9 Å². The smallest absolute Gasteiger partial charge is 0.252 e. The average Bonchev–Trinajstić information content (AvgIpc) is 3.52. The van der Waals surface area contributed by atoms with E-state index in [0.29, 0.717) is 21.8 Å². The Morgan fingerprint density at radius 2 is 1.97 bits per heavy atom. The molecule has 0 aliphatic heterocycles. The molecule has 0 atom stereocenters. The first kappa shape index (κ1) is 19.7. The van der Waals surface area contributed by atoms with Crippen LogP contribution in [-0.2, 0) is 4.79 Å². The highest BCUT2D eigenvalue weighted by Gasteiger charge is 2.25. The number of pyridine rings is 1. The van der Waals surface area contributed by atoms with E-state index in [4.69, 9.17) is 11.6 Å². The highest BCUT2D eigenvalue weighted by atomic mass is 35.5. The van der Waals surface area contributed by atoms with Gasteiger partial charge in [-0.05, 0) is 43.2 Å². The van der Waals surface area contributed by atoms with Crippen LogP contribution in [0.15, 0.2) is 53.6 Å². The molecule has 148 valence electrons. The lowest BCUT2D eigenvalue weighted by Crippen LogP contribution is -2.25. The molecule has 2 amide bonds. The van der Waals surface area contributed by atoms with Gasteiger partial charge < -0.3 is 10.6 Å². The highest BCUT2D eigenvalue weighted by molar-refractivity contribution is 7.99. The van der Waals surface area contributed by atoms with Crippen molar-refractivity contribution < 1.29 is 14.0 Å². The number of hydrogen-bond donors (Lipinski definition) is 2. The van der Waals surface area contributed by atoms with Crippen LogP contribution < -0.4 is 10.6 Å². The van der Waals surface area contributed by atoms with Crippen LogP contribution in [0.2, 0.25) is 5.02 Å². The van der Waals surface area contributed by atoms with E-state index >= 15 is 0 Å². The zero-order chi connectivity index (χ0) is 20.4. The normalized spacial score (nSPS) is 13.3. The maximum Gasteiger partial charge on any atom is 0.252 e. The first-order valence-corrected chi connectivity index (χ1v) is 10.4. The fourth-order valence-electron chi connectivity index (χ4n) is 2.81. The number of anilines is 1. The molecule has 8 heteroatoms. The number of carbonyl (C=O) groups excluding carboxylic acids is 2. The van der Waals surface area contributed by atoms with Gasteiger partial charge in [-0.1, -0.05) is 41.6 Å². The minimum absolute atomic E-state index is 0.0574. The molecule has 0 radical (unpaired) electrons. The number of fused-ring (bicyclic) bond motifs is 1. The van der Waals surface area contributed by atoms with Gasteiger partial charge >= 0.3 is 0 Å². The molecule has 3 aromatic rings. The second kappa shape index (κ2) is 8.39. The van der Waals surface area contributed by atoms with Crippen molar-refractivity contribution in [1.29, 1.82) is 0 Å². The lowest BCUT2D eigenvalue weighted by molar-refractivity contribution is -0.113. The SMILES string of the molecule is O=C(CSc1cc(C(=O)NC2CC2)c2ccccc2n1)Nc1ccc(F)c(Cl)c1. The predicted molar refractivity (Wildman–Crippen MR) is 113 cm³/mol. The molecule has 29 heavy (non-hydrogen) atoms. The lowest BCUT2D eigenvalue weighted by atomic mass is 10.1. The Hall–Kier alpha value is -2.64. The van der Waals surface area contributed by atoms with E-state index in [1.807, 2.05) is 24.3 Å². The first-order valence-electron chi connectivity index (χ1n) is 9.08. The van der Waals surface area contributed by atoms with Crippen molar-refractivity contribution in [1.82, 2.24) is 10.3 Å². The lowest BCUT2D eigenvalue weighted by Gasteiger charge is -2.10. The highest BCUT2D eigenvalue weighted by Crippen LogP contribution is 2.26. The minimum atomic E-state index is -0.545. The summed E-state index contributed by atoms with van der Waals surface area (Å²) in [5.41, 5.74) is 1.66. The Bertz CT molecular complexity index is 1100. The van der Waals surface area contributed by atoms with Crippen molar-refractivity contribution in [2.75, 3.05) is 11.1 Å². The molecular weight excluding hydrogens is 413 g/mol. The maximum absolute atomic E-state index is 13.2. The van der Waals surface area contributed by atoms with Crippen LogP contribution in [0.1, 0.15) is 23.2 Å². The standard InChI is InChI=1S/C21H17ClFN3O2S/c22-16-9-13(7-8-17(16)23)24-19(27)11-29-20-10-15(21(28)25-12-5-6-12)14-3-1-2-4-18(14)26-20/h1-4,7-10,12H,5-6,11H2,(H,24,27)(H,25,28). The summed E-state index contributed by atoms with van der Waals surface area (Å²) in [6.07, 6.45) is 2.01. The molecule has 1 fully saturated rings. The van der Waals surface area contributed by atoms with Gasteiger partial charge in [-0.25, -0.2) is 9.37 Å². The molecule has 0 bridgehead atoms. The van der Waals surface area contributed by atoms with Gasteiger partial charge in [0.15, 0.2) is 0 Å². The van der Waals surface area contributed by atoms with E-state index in [-0.39, 0.29) is 28.6 Å². The van der Waals surface area contributed by atoms with Crippen LogP contribution in [-0.4, -0.2) is 28.6 Å². The van der Waals surface area contributed by atoms with Crippen molar-refractivity contribution in [3.05, 3.63) is 64.9 Å². The molecule has 5 nitrogen and oxygen atoms in total. The van der Waals surface area contributed by atoms with E-state index in [2.05, 4.69) is 15.6 Å². The van der Waals surface area contributed by atoms with E-state index in [1.54, 1.807) is 6.07 Å². The molecule has 1 heterocycles. The number of benzene rings is 2. The molecular formula is C21H17ClFN3O2S. The molecule has 2 N–H and O–H groups in total. The van der Waals surface area contributed by atoms with Crippen molar-refractivity contribution >= 4 is 51.8 Å². The number of aromatic nitrogens is 1. The number of rotatable bonds is 6. The van der Waals surface area contributed by atoms with Gasteiger partial charge in [0.2, 0.25) is 5.91 Å². The number of thioether (sulfide) groups is 1. The molecule has 1 saturated carbocycles. The molecule has 0 saturated heterocycles. The summed E-state index contributed by atoms with van der Waals surface area (Å²) in [6, 6.07) is 13.4. The Morgan fingerprint density at radius 1 is 1.17 bits per heavy atom. The average molecular weight is 430 g/mol. The third-order valence-corrected chi connectivity index (χ3v) is 5.61. The van der Waals surface area contributed by atoms with Crippen LogP contribution in [0.3, 0.4) is 0 Å². The van der Waals surface area contributed by atoms with E-state index in [1.165, 1.54) is 30.0 Å². The Balaban J connectivity index is 1.49. The summed E-state index contributed by atoms with van der Waals surface area (Å²) < 4.78 is 13.2. The van der Waals surface area contributed by atoms with Gasteiger partial charge in [0.25, 0.3) is 5.91 Å². The third-order valence-electron chi connectivity index (χ3n) is 4.40. The van der Waals surface area contributed by atoms with Gasteiger partial charge in [-0.3, -0.25) is 9.59 Å². The predicted octanol–water partition coefficient (Wildman–Crippen LogP) is 4.65. The Morgan fingerprint density at radius 3 is 2.72 bits per heavy atom. The molecule has 0 unspecified atom stereocenters. The summed E-state index contributed by atoms with van der Waals surface area (Å²) in [5, 5.41) is 6.97. The number of halogens is 2. The fraction of sp³-hybridized carbons (Fsp3) is 0.190. The Labute approximate surface area is 176 Å². The maximum atomic E-state index is 13.2. The quantitative estimate of drug-likeness (QED) is 0.559. The first-order chi connectivity index (χ1) is 14.0. The number of para-hydroxylation sites is 1. The molecule has 2 aromatic carbocycles. The van der Waals surface area contributed by atoms with E-state index < -0.39 is 5.82 Å². The molecule has 1 aliphatic carbocycles. The Kier molecular flexibility index (Phi) is 5.69. The van der Waals surface area contributed by atoms with Gasteiger partial charge in [0.05, 0.1) is 26.9 Å². The topological polar surface area (TPSA) is 71.1 Å². The summed E-state index contributed by atoms with van der Waals surface area (Å²) in [4.78, 5) is 29.4. The van der Waals surface area contributed by atoms with E-state index in [0.717, 1.165) is 18.2 Å². The number of carbonyl (C=O) groups is 2. The van der Waals surface area contributed by atoms with Crippen LogP contribution in [0.4, 0.5) is 10.1 Å². The molecule has 4 rings (SSSR count). The van der Waals surface area contributed by atoms with Gasteiger partial charge in [-0.15, -0.1) is 0 Å². The van der Waals surface area contributed by atoms with Gasteiger partial charge in [-0.2, -0.15) is 0 Å². The van der Waals surface area contributed by atoms with Crippen LogP contribution >= 0.6 is 23.4 Å². The van der Waals surface area contributed by atoms with Crippen molar-refractivity contribution in [3.63, 3.8) is 0 Å². The van der Waals surface area contributed by atoms with Crippen molar-refractivity contribution in [2.24, 2.45) is 0 Å². The number of hydrogen-bond acceptors (Lipinski definition) is 4. The van der Waals surface area contributed by atoms with E-state index in [9.17, 15) is 14.0 Å².